The van der Waals surface area contributed by atoms with Crippen molar-refractivity contribution < 1.29 is 14.7 Å². The first kappa shape index (κ1) is 13.3. The normalized spacial score (nSPS) is 10.4. The highest BCUT2D eigenvalue weighted by atomic mass is 32.1. The third kappa shape index (κ3) is 2.82. The van der Waals surface area contributed by atoms with Gasteiger partial charge in [-0.15, -0.1) is 0 Å². The summed E-state index contributed by atoms with van der Waals surface area (Å²) in [7, 11) is 1.69. The molecular formula is C12H13N3O3S. The lowest BCUT2D eigenvalue weighted by atomic mass is 10.2. The van der Waals surface area contributed by atoms with Crippen molar-refractivity contribution in [3.63, 3.8) is 0 Å². The van der Waals surface area contributed by atoms with Gasteiger partial charge in [-0.3, -0.25) is 5.32 Å². The highest BCUT2D eigenvalue weighted by Gasteiger charge is 2.12. The van der Waals surface area contributed by atoms with E-state index < -0.39 is 5.97 Å². The van der Waals surface area contributed by atoms with Gasteiger partial charge in [0.15, 0.2) is 5.13 Å². The van der Waals surface area contributed by atoms with Crippen LogP contribution in [0, 0.1) is 0 Å². The number of benzene rings is 1. The van der Waals surface area contributed by atoms with E-state index in [4.69, 9.17) is 5.11 Å². The highest BCUT2D eigenvalue weighted by Crippen LogP contribution is 2.27. The molecule has 0 spiro atoms. The molecule has 0 atom stereocenters. The van der Waals surface area contributed by atoms with Crippen LogP contribution >= 0.6 is 11.3 Å². The fraction of sp³-hybridized carbons (Fsp3) is 0.250. The van der Waals surface area contributed by atoms with E-state index in [2.05, 4.69) is 10.3 Å². The Balaban J connectivity index is 2.26. The first-order valence-corrected chi connectivity index (χ1v) is 6.49. The van der Waals surface area contributed by atoms with Gasteiger partial charge in [-0.1, -0.05) is 11.3 Å². The van der Waals surface area contributed by atoms with Gasteiger partial charge < -0.3 is 10.0 Å². The number of anilines is 1. The first-order valence-electron chi connectivity index (χ1n) is 5.67. The molecule has 100 valence electrons. The number of carboxylic acid groups (broad SMARTS) is 1. The van der Waals surface area contributed by atoms with E-state index in [-0.39, 0.29) is 11.6 Å². The fourth-order valence-electron chi connectivity index (χ4n) is 1.44. The summed E-state index contributed by atoms with van der Waals surface area (Å²) in [6, 6.07) is 4.44. The Kier molecular flexibility index (Phi) is 3.66. The number of nitrogens with zero attached hydrogens (tertiary/aromatic N) is 2. The predicted octanol–water partition coefficient (Wildman–Crippen LogP) is 2.48. The Morgan fingerprint density at radius 1 is 1.47 bits per heavy atom. The topological polar surface area (TPSA) is 82.5 Å². The third-order valence-corrected chi connectivity index (χ3v) is 3.60. The second kappa shape index (κ2) is 5.23. The average Bonchev–Trinajstić information content (AvgIpc) is 2.78. The van der Waals surface area contributed by atoms with E-state index in [0.717, 1.165) is 4.70 Å². The average molecular weight is 279 g/mol. The van der Waals surface area contributed by atoms with Gasteiger partial charge in [-0.05, 0) is 25.1 Å². The zero-order valence-electron chi connectivity index (χ0n) is 10.5. The standard InChI is InChI=1S/C12H13N3O3S/c1-3-15(2)12(18)14-11-13-8-5-4-7(10(16)17)6-9(8)19-11/h4-6H,3H2,1-2H3,(H,16,17)(H,13,14,18). The lowest BCUT2D eigenvalue weighted by Gasteiger charge is -2.13. The van der Waals surface area contributed by atoms with Gasteiger partial charge in [-0.25, -0.2) is 14.6 Å². The van der Waals surface area contributed by atoms with Crippen molar-refractivity contribution in [3.05, 3.63) is 23.8 Å². The van der Waals surface area contributed by atoms with E-state index in [1.807, 2.05) is 6.92 Å². The molecule has 0 saturated heterocycles. The Labute approximate surface area is 113 Å². The highest BCUT2D eigenvalue weighted by molar-refractivity contribution is 7.22. The van der Waals surface area contributed by atoms with Crippen molar-refractivity contribution in [1.82, 2.24) is 9.88 Å². The Hall–Kier alpha value is -2.15. The fourth-order valence-corrected chi connectivity index (χ4v) is 2.34. The number of hydrogen-bond acceptors (Lipinski definition) is 4. The van der Waals surface area contributed by atoms with Crippen molar-refractivity contribution in [2.45, 2.75) is 6.92 Å². The SMILES string of the molecule is CCN(C)C(=O)Nc1nc2ccc(C(=O)O)cc2s1. The maximum atomic E-state index is 11.7. The van der Waals surface area contributed by atoms with E-state index in [1.165, 1.54) is 22.3 Å². The minimum Gasteiger partial charge on any atom is -0.478 e. The number of thiazole rings is 1. The molecule has 2 rings (SSSR count). The number of urea groups is 1. The zero-order chi connectivity index (χ0) is 14.0. The number of aromatic carboxylic acids is 1. The molecule has 1 aromatic carbocycles. The monoisotopic (exact) mass is 279 g/mol. The predicted molar refractivity (Wildman–Crippen MR) is 73.9 cm³/mol. The van der Waals surface area contributed by atoms with Crippen molar-refractivity contribution in [3.8, 4) is 0 Å². The van der Waals surface area contributed by atoms with Crippen LogP contribution in [0.3, 0.4) is 0 Å². The number of carboxylic acids is 1. The lowest BCUT2D eigenvalue weighted by Crippen LogP contribution is -2.30. The largest absolute Gasteiger partial charge is 0.478 e. The quantitative estimate of drug-likeness (QED) is 0.904. The smallest absolute Gasteiger partial charge is 0.335 e. The van der Waals surface area contributed by atoms with Gasteiger partial charge >= 0.3 is 12.0 Å². The molecule has 0 radical (unpaired) electrons. The van der Waals surface area contributed by atoms with Crippen LogP contribution < -0.4 is 5.32 Å². The van der Waals surface area contributed by atoms with Crippen LogP contribution in [0.1, 0.15) is 17.3 Å². The zero-order valence-corrected chi connectivity index (χ0v) is 11.3. The van der Waals surface area contributed by atoms with Crippen LogP contribution in [0.5, 0.6) is 0 Å². The molecule has 0 aliphatic heterocycles. The second-order valence-corrected chi connectivity index (χ2v) is 4.98. The van der Waals surface area contributed by atoms with Gasteiger partial charge in [0, 0.05) is 13.6 Å². The van der Waals surface area contributed by atoms with Gasteiger partial charge in [0.25, 0.3) is 0 Å². The minimum absolute atomic E-state index is 0.208. The van der Waals surface area contributed by atoms with Crippen LogP contribution in [-0.4, -0.2) is 40.6 Å². The Bertz CT molecular complexity index is 638. The maximum Gasteiger partial charge on any atom is 0.335 e. The maximum absolute atomic E-state index is 11.7. The summed E-state index contributed by atoms with van der Waals surface area (Å²) in [6.45, 7) is 2.47. The van der Waals surface area contributed by atoms with Crippen molar-refractivity contribution in [1.29, 1.82) is 0 Å². The number of amides is 2. The molecular weight excluding hydrogens is 266 g/mol. The first-order chi connectivity index (χ1) is 9.01. The summed E-state index contributed by atoms with van der Waals surface area (Å²) in [5.41, 5.74) is 0.879. The molecule has 6 nitrogen and oxygen atoms in total. The molecule has 0 aliphatic carbocycles. The van der Waals surface area contributed by atoms with Gasteiger partial charge in [0.1, 0.15) is 0 Å². The Morgan fingerprint density at radius 2 is 2.21 bits per heavy atom. The minimum atomic E-state index is -0.980. The van der Waals surface area contributed by atoms with Crippen molar-refractivity contribution in [2.24, 2.45) is 0 Å². The molecule has 0 aliphatic rings. The van der Waals surface area contributed by atoms with E-state index in [1.54, 1.807) is 19.2 Å². The molecule has 0 saturated carbocycles. The third-order valence-electron chi connectivity index (χ3n) is 2.67. The number of rotatable bonds is 3. The molecule has 0 unspecified atom stereocenters. The number of fused-ring (bicyclic) bond motifs is 1. The molecule has 0 bridgehead atoms. The molecule has 7 heteroatoms. The Morgan fingerprint density at radius 3 is 2.84 bits per heavy atom. The van der Waals surface area contributed by atoms with Crippen molar-refractivity contribution >= 4 is 38.7 Å². The molecule has 0 fully saturated rings. The molecule has 2 N–H and O–H groups in total. The van der Waals surface area contributed by atoms with Crippen LogP contribution in [0.15, 0.2) is 18.2 Å². The second-order valence-electron chi connectivity index (χ2n) is 3.95. The van der Waals surface area contributed by atoms with Gasteiger partial charge in [0.2, 0.25) is 0 Å². The van der Waals surface area contributed by atoms with Crippen LogP contribution in [-0.2, 0) is 0 Å². The molecule has 2 aromatic rings. The molecule has 19 heavy (non-hydrogen) atoms. The molecule has 1 heterocycles. The number of nitrogens with one attached hydrogen (secondary N) is 1. The van der Waals surface area contributed by atoms with Gasteiger partial charge in [-0.2, -0.15) is 0 Å². The summed E-state index contributed by atoms with van der Waals surface area (Å²) in [6.07, 6.45) is 0. The summed E-state index contributed by atoms with van der Waals surface area (Å²) in [5.74, 6) is -0.980. The van der Waals surface area contributed by atoms with Crippen LogP contribution in [0.4, 0.5) is 9.93 Å². The summed E-state index contributed by atoms with van der Waals surface area (Å²) in [5, 5.41) is 12.0. The van der Waals surface area contributed by atoms with E-state index in [9.17, 15) is 9.59 Å². The van der Waals surface area contributed by atoms with E-state index >= 15 is 0 Å². The number of hydrogen-bond donors (Lipinski definition) is 2. The molecule has 1 aromatic heterocycles. The van der Waals surface area contributed by atoms with Crippen molar-refractivity contribution in [2.75, 3.05) is 18.9 Å². The summed E-state index contributed by atoms with van der Waals surface area (Å²) < 4.78 is 0.731. The molecule has 2 amide bonds. The number of aromatic nitrogens is 1. The summed E-state index contributed by atoms with van der Waals surface area (Å²) >= 11 is 1.25. The number of carbonyl (C=O) groups excluding carboxylic acids is 1. The van der Waals surface area contributed by atoms with Crippen LogP contribution in [0.25, 0.3) is 10.2 Å². The van der Waals surface area contributed by atoms with Gasteiger partial charge in [0.05, 0.1) is 15.8 Å². The van der Waals surface area contributed by atoms with E-state index in [0.29, 0.717) is 17.2 Å². The van der Waals surface area contributed by atoms with Crippen LogP contribution in [0.2, 0.25) is 0 Å². The number of carbonyl (C=O) groups is 2. The lowest BCUT2D eigenvalue weighted by molar-refractivity contribution is 0.0697. The summed E-state index contributed by atoms with van der Waals surface area (Å²) in [4.78, 5) is 28.3.